The molecule has 0 spiro atoms. The molecule has 1 saturated carbocycles. The van der Waals surface area contributed by atoms with Gasteiger partial charge in [0.05, 0.1) is 5.54 Å². The zero-order chi connectivity index (χ0) is 15.3. The lowest BCUT2D eigenvalue weighted by atomic mass is 9.77. The fraction of sp³-hybridized carbons (Fsp3) is 0.800. The van der Waals surface area contributed by atoms with Crippen LogP contribution in [0.25, 0.3) is 0 Å². The van der Waals surface area contributed by atoms with Crippen molar-refractivity contribution in [2.24, 2.45) is 5.73 Å². The van der Waals surface area contributed by atoms with Gasteiger partial charge in [-0.3, -0.25) is 4.79 Å². The number of amides is 1. The topological polar surface area (TPSA) is 85.2 Å². The number of nitrogens with zero attached hydrogens (tertiary/aromatic N) is 3. The van der Waals surface area contributed by atoms with Gasteiger partial charge in [0.2, 0.25) is 11.8 Å². The molecule has 1 aromatic heterocycles. The molecule has 126 valence electrons. The minimum atomic E-state index is -0.401. The highest BCUT2D eigenvalue weighted by atomic mass is 35.5. The van der Waals surface area contributed by atoms with Crippen LogP contribution < -0.4 is 5.73 Å². The van der Waals surface area contributed by atoms with Crippen LogP contribution in [0.5, 0.6) is 0 Å². The third-order valence-corrected chi connectivity index (χ3v) is 4.05. The van der Waals surface area contributed by atoms with Crippen molar-refractivity contribution in [2.45, 2.75) is 64.3 Å². The van der Waals surface area contributed by atoms with E-state index in [2.05, 4.69) is 24.0 Å². The van der Waals surface area contributed by atoms with E-state index >= 15 is 0 Å². The number of carbonyl (C=O) groups is 1. The van der Waals surface area contributed by atoms with Gasteiger partial charge in [0.25, 0.3) is 0 Å². The lowest BCUT2D eigenvalue weighted by Gasteiger charge is -2.34. The number of nitrogens with two attached hydrogens (primary N) is 1. The molecule has 1 aliphatic rings. The van der Waals surface area contributed by atoms with Crippen LogP contribution in [0.3, 0.4) is 0 Å². The van der Waals surface area contributed by atoms with Crippen molar-refractivity contribution in [3.63, 3.8) is 0 Å². The number of aromatic nitrogens is 2. The first kappa shape index (κ1) is 18.9. The molecule has 2 rings (SSSR count). The monoisotopic (exact) mass is 330 g/mol. The quantitative estimate of drug-likeness (QED) is 0.791. The first-order chi connectivity index (χ1) is 10.1. The van der Waals surface area contributed by atoms with E-state index in [9.17, 15) is 4.79 Å². The Labute approximate surface area is 138 Å². The smallest absolute Gasteiger partial charge is 0.227 e. The zero-order valence-electron chi connectivity index (χ0n) is 13.5. The first-order valence-electron chi connectivity index (χ1n) is 7.98. The predicted octanol–water partition coefficient (Wildman–Crippen LogP) is 2.41. The van der Waals surface area contributed by atoms with Crippen LogP contribution in [0.15, 0.2) is 4.52 Å². The molecule has 1 aromatic rings. The molecule has 0 unspecified atom stereocenters. The van der Waals surface area contributed by atoms with Crippen LogP contribution in [0.4, 0.5) is 0 Å². The fourth-order valence-corrected chi connectivity index (χ4v) is 2.61. The molecule has 2 N–H and O–H groups in total. The molecular formula is C15H27ClN4O2. The van der Waals surface area contributed by atoms with Crippen molar-refractivity contribution < 1.29 is 9.32 Å². The second kappa shape index (κ2) is 8.48. The highest BCUT2D eigenvalue weighted by molar-refractivity contribution is 5.85. The Hall–Kier alpha value is -1.14. The summed E-state index contributed by atoms with van der Waals surface area (Å²) in [5.74, 6) is 1.27. The van der Waals surface area contributed by atoms with Crippen molar-refractivity contribution in [1.29, 1.82) is 0 Å². The lowest BCUT2D eigenvalue weighted by Crippen LogP contribution is -2.44. The van der Waals surface area contributed by atoms with E-state index in [1.54, 1.807) is 0 Å². The van der Waals surface area contributed by atoms with E-state index in [1.165, 1.54) is 0 Å². The van der Waals surface area contributed by atoms with Crippen LogP contribution in [-0.2, 0) is 16.8 Å². The second-order valence-electron chi connectivity index (χ2n) is 5.90. The van der Waals surface area contributed by atoms with Crippen LogP contribution in [0, 0.1) is 0 Å². The summed E-state index contributed by atoms with van der Waals surface area (Å²) in [6, 6.07) is 0. The Morgan fingerprint density at radius 3 is 2.45 bits per heavy atom. The van der Waals surface area contributed by atoms with Gasteiger partial charge in [-0.25, -0.2) is 0 Å². The Bertz CT molecular complexity index is 468. The summed E-state index contributed by atoms with van der Waals surface area (Å²) in [5.41, 5.74) is 5.76. The molecule has 0 atom stereocenters. The Balaban J connectivity index is 0.00000242. The Kier molecular flexibility index (Phi) is 7.29. The molecule has 22 heavy (non-hydrogen) atoms. The minimum absolute atomic E-state index is 0. The van der Waals surface area contributed by atoms with Gasteiger partial charge in [-0.2, -0.15) is 4.98 Å². The predicted molar refractivity (Wildman–Crippen MR) is 86.7 cm³/mol. The number of hydrogen-bond donors (Lipinski definition) is 1. The normalized spacial score (nSPS) is 15.8. The standard InChI is InChI=1S/C15H26N4O2.ClH/c1-3-10-19(11-4-2)13(20)7-6-12-17-14(18-21-12)15(16)8-5-9-15;/h3-11,16H2,1-2H3;1H. The summed E-state index contributed by atoms with van der Waals surface area (Å²) >= 11 is 0. The molecule has 1 amide bonds. The maximum absolute atomic E-state index is 12.2. The van der Waals surface area contributed by atoms with Crippen LogP contribution in [0.1, 0.15) is 64.1 Å². The van der Waals surface area contributed by atoms with Crippen molar-refractivity contribution in [2.75, 3.05) is 13.1 Å². The zero-order valence-corrected chi connectivity index (χ0v) is 14.3. The van der Waals surface area contributed by atoms with Gasteiger partial charge in [0.15, 0.2) is 5.82 Å². The van der Waals surface area contributed by atoms with Crippen molar-refractivity contribution in [1.82, 2.24) is 15.0 Å². The van der Waals surface area contributed by atoms with E-state index in [0.29, 0.717) is 24.6 Å². The van der Waals surface area contributed by atoms with Crippen molar-refractivity contribution >= 4 is 18.3 Å². The summed E-state index contributed by atoms with van der Waals surface area (Å²) in [6.45, 7) is 5.79. The van der Waals surface area contributed by atoms with E-state index in [-0.39, 0.29) is 18.3 Å². The van der Waals surface area contributed by atoms with E-state index in [1.807, 2.05) is 4.90 Å². The molecule has 6 nitrogen and oxygen atoms in total. The van der Waals surface area contributed by atoms with Gasteiger partial charge < -0.3 is 15.2 Å². The first-order valence-corrected chi connectivity index (χ1v) is 7.98. The summed E-state index contributed by atoms with van der Waals surface area (Å²) in [5, 5.41) is 3.97. The molecule has 1 aliphatic carbocycles. The average molecular weight is 331 g/mol. The van der Waals surface area contributed by atoms with Gasteiger partial charge in [-0.1, -0.05) is 19.0 Å². The van der Waals surface area contributed by atoms with Crippen LogP contribution in [0.2, 0.25) is 0 Å². The average Bonchev–Trinajstić information content (AvgIpc) is 2.91. The number of halogens is 1. The summed E-state index contributed by atoms with van der Waals surface area (Å²) in [7, 11) is 0. The maximum atomic E-state index is 12.2. The number of hydrogen-bond acceptors (Lipinski definition) is 5. The van der Waals surface area contributed by atoms with E-state index in [4.69, 9.17) is 10.3 Å². The number of rotatable bonds is 8. The van der Waals surface area contributed by atoms with Crippen molar-refractivity contribution in [3.05, 3.63) is 11.7 Å². The highest BCUT2D eigenvalue weighted by Crippen LogP contribution is 2.36. The SMILES string of the molecule is CCCN(CCC)C(=O)CCc1nc(C2(N)CCC2)no1.Cl. The van der Waals surface area contributed by atoms with Crippen LogP contribution >= 0.6 is 12.4 Å². The Morgan fingerprint density at radius 2 is 1.95 bits per heavy atom. The van der Waals surface area contributed by atoms with Gasteiger partial charge in [0, 0.05) is 25.9 Å². The number of aryl methyl sites for hydroxylation is 1. The van der Waals surface area contributed by atoms with Gasteiger partial charge >= 0.3 is 0 Å². The number of carbonyl (C=O) groups excluding carboxylic acids is 1. The largest absolute Gasteiger partial charge is 0.343 e. The lowest BCUT2D eigenvalue weighted by molar-refractivity contribution is -0.131. The third kappa shape index (κ3) is 4.43. The Morgan fingerprint density at radius 1 is 1.32 bits per heavy atom. The molecule has 0 bridgehead atoms. The summed E-state index contributed by atoms with van der Waals surface area (Å²) in [4.78, 5) is 18.4. The summed E-state index contributed by atoms with van der Waals surface area (Å²) < 4.78 is 5.22. The fourth-order valence-electron chi connectivity index (χ4n) is 2.61. The molecule has 0 aromatic carbocycles. The maximum Gasteiger partial charge on any atom is 0.227 e. The van der Waals surface area contributed by atoms with Gasteiger partial charge in [0.1, 0.15) is 0 Å². The molecule has 1 fully saturated rings. The minimum Gasteiger partial charge on any atom is -0.343 e. The molecule has 0 aliphatic heterocycles. The highest BCUT2D eigenvalue weighted by Gasteiger charge is 2.38. The second-order valence-corrected chi connectivity index (χ2v) is 5.90. The molecule has 0 radical (unpaired) electrons. The van der Waals surface area contributed by atoms with Gasteiger partial charge in [-0.15, -0.1) is 12.4 Å². The van der Waals surface area contributed by atoms with E-state index < -0.39 is 5.54 Å². The third-order valence-electron chi connectivity index (χ3n) is 4.05. The van der Waals surface area contributed by atoms with Crippen molar-refractivity contribution in [3.8, 4) is 0 Å². The van der Waals surface area contributed by atoms with Crippen LogP contribution in [-0.4, -0.2) is 34.0 Å². The molecule has 0 saturated heterocycles. The van der Waals surface area contributed by atoms with E-state index in [0.717, 1.165) is 45.2 Å². The van der Waals surface area contributed by atoms with Gasteiger partial charge in [-0.05, 0) is 32.1 Å². The molecule has 7 heteroatoms. The summed E-state index contributed by atoms with van der Waals surface area (Å²) in [6.07, 6.45) is 5.79. The molecule has 1 heterocycles. The molecular weight excluding hydrogens is 304 g/mol.